The Kier molecular flexibility index (Phi) is 7.76. The van der Waals surface area contributed by atoms with Crippen molar-refractivity contribution in [2.45, 2.75) is 39.0 Å². The van der Waals surface area contributed by atoms with E-state index in [4.69, 9.17) is 15.0 Å². The highest BCUT2D eigenvalue weighted by Gasteiger charge is 2.11. The second-order valence-corrected chi connectivity index (χ2v) is 8.25. The van der Waals surface area contributed by atoms with Crippen LogP contribution >= 0.6 is 0 Å². The molecular formula is C26H30N4O3. The molecule has 172 valence electrons. The number of oxime groups is 1. The third-order valence-corrected chi connectivity index (χ3v) is 5.66. The highest BCUT2D eigenvalue weighted by Crippen LogP contribution is 2.14. The van der Waals surface area contributed by atoms with Crippen molar-refractivity contribution >= 4 is 11.7 Å². The van der Waals surface area contributed by atoms with Crippen LogP contribution in [0.4, 0.5) is 0 Å². The first-order valence-corrected chi connectivity index (χ1v) is 11.3. The summed E-state index contributed by atoms with van der Waals surface area (Å²) >= 11 is 0. The normalized spacial score (nSPS) is 14.7. The van der Waals surface area contributed by atoms with Crippen molar-refractivity contribution in [1.82, 2.24) is 10.2 Å². The highest BCUT2D eigenvalue weighted by atomic mass is 16.6. The fourth-order valence-electron chi connectivity index (χ4n) is 3.92. The van der Waals surface area contributed by atoms with Gasteiger partial charge < -0.3 is 20.3 Å². The van der Waals surface area contributed by atoms with Crippen molar-refractivity contribution in [1.29, 1.82) is 0 Å². The molecule has 3 aromatic rings. The van der Waals surface area contributed by atoms with Crippen LogP contribution in [0.1, 0.15) is 52.1 Å². The van der Waals surface area contributed by atoms with Crippen LogP contribution in [-0.2, 0) is 24.5 Å². The van der Waals surface area contributed by atoms with Crippen LogP contribution in [0, 0.1) is 0 Å². The van der Waals surface area contributed by atoms with E-state index in [9.17, 15) is 4.79 Å². The largest absolute Gasteiger partial charge is 0.467 e. The zero-order valence-electron chi connectivity index (χ0n) is 18.7. The number of benzene rings is 2. The van der Waals surface area contributed by atoms with Crippen molar-refractivity contribution in [3.63, 3.8) is 0 Å². The quantitative estimate of drug-likeness (QED) is 0.294. The molecule has 1 saturated heterocycles. The van der Waals surface area contributed by atoms with Crippen LogP contribution in [0.15, 0.2) is 76.5 Å². The SMILES string of the molecule is N/C(=N/OCc1cccc(C(=O)NCc2ccco2)c1)c1cccc(CN2CCCCC2)c1. The third kappa shape index (κ3) is 6.70. The number of furan rings is 1. The summed E-state index contributed by atoms with van der Waals surface area (Å²) in [5, 5.41) is 6.92. The molecule has 0 aliphatic carbocycles. The molecule has 1 amide bonds. The molecule has 33 heavy (non-hydrogen) atoms. The Bertz CT molecular complexity index is 1070. The minimum atomic E-state index is -0.179. The molecule has 0 bridgehead atoms. The average molecular weight is 447 g/mol. The fourth-order valence-corrected chi connectivity index (χ4v) is 3.92. The minimum absolute atomic E-state index is 0.179. The molecule has 7 nitrogen and oxygen atoms in total. The van der Waals surface area contributed by atoms with Gasteiger partial charge in [0.15, 0.2) is 5.84 Å². The number of hydrogen-bond acceptors (Lipinski definition) is 5. The van der Waals surface area contributed by atoms with Gasteiger partial charge in [-0.2, -0.15) is 0 Å². The van der Waals surface area contributed by atoms with Crippen molar-refractivity contribution in [3.05, 3.63) is 94.9 Å². The predicted octanol–water partition coefficient (Wildman–Crippen LogP) is 4.03. The molecule has 1 aliphatic heterocycles. The summed E-state index contributed by atoms with van der Waals surface area (Å²) in [7, 11) is 0. The molecule has 0 radical (unpaired) electrons. The van der Waals surface area contributed by atoms with Gasteiger partial charge >= 0.3 is 0 Å². The first-order chi connectivity index (χ1) is 16.2. The molecule has 2 heterocycles. The lowest BCUT2D eigenvalue weighted by Crippen LogP contribution is -2.29. The van der Waals surface area contributed by atoms with Gasteiger partial charge in [-0.05, 0) is 67.4 Å². The lowest BCUT2D eigenvalue weighted by molar-refractivity contribution is 0.0947. The summed E-state index contributed by atoms with van der Waals surface area (Å²) in [6, 6.07) is 19.0. The molecule has 4 rings (SSSR count). The molecule has 3 N–H and O–H groups in total. The Morgan fingerprint density at radius 2 is 1.76 bits per heavy atom. The Morgan fingerprint density at radius 1 is 1.00 bits per heavy atom. The number of nitrogens with two attached hydrogens (primary N) is 1. The summed E-state index contributed by atoms with van der Waals surface area (Å²) in [4.78, 5) is 20.4. The Hall–Kier alpha value is -3.58. The topological polar surface area (TPSA) is 93.1 Å². The zero-order valence-corrected chi connectivity index (χ0v) is 18.7. The van der Waals surface area contributed by atoms with E-state index in [1.54, 1.807) is 24.5 Å². The van der Waals surface area contributed by atoms with E-state index >= 15 is 0 Å². The molecule has 7 heteroatoms. The Morgan fingerprint density at radius 3 is 2.55 bits per heavy atom. The molecule has 0 unspecified atom stereocenters. The lowest BCUT2D eigenvalue weighted by Gasteiger charge is -2.26. The van der Waals surface area contributed by atoms with Crippen molar-refractivity contribution in [2.24, 2.45) is 10.9 Å². The number of piperidine rings is 1. The molecular weight excluding hydrogens is 416 g/mol. The van der Waals surface area contributed by atoms with Crippen molar-refractivity contribution in [2.75, 3.05) is 13.1 Å². The Labute approximate surface area is 194 Å². The number of amides is 1. The molecule has 1 fully saturated rings. The van der Waals surface area contributed by atoms with Crippen LogP contribution in [0.2, 0.25) is 0 Å². The van der Waals surface area contributed by atoms with Gasteiger partial charge in [-0.1, -0.05) is 41.9 Å². The summed E-state index contributed by atoms with van der Waals surface area (Å²) in [5.41, 5.74) is 9.61. The first-order valence-electron chi connectivity index (χ1n) is 11.3. The van der Waals surface area contributed by atoms with Crippen molar-refractivity contribution in [3.8, 4) is 0 Å². The summed E-state index contributed by atoms with van der Waals surface area (Å²) < 4.78 is 5.24. The maximum absolute atomic E-state index is 12.4. The summed E-state index contributed by atoms with van der Waals surface area (Å²) in [6.07, 6.45) is 5.44. The van der Waals surface area contributed by atoms with Crippen LogP contribution < -0.4 is 11.1 Å². The molecule has 0 saturated carbocycles. The van der Waals surface area contributed by atoms with Gasteiger partial charge in [0.2, 0.25) is 0 Å². The molecule has 0 spiro atoms. The standard InChI is InChI=1S/C26H30N4O3/c27-25(22-9-4-7-20(15-22)18-30-12-2-1-3-13-30)29-33-19-21-8-5-10-23(16-21)26(31)28-17-24-11-6-14-32-24/h4-11,14-16H,1-3,12-13,17-19H2,(H2,27,29)(H,28,31). The number of nitrogens with zero attached hydrogens (tertiary/aromatic N) is 2. The third-order valence-electron chi connectivity index (χ3n) is 5.66. The van der Waals surface area contributed by atoms with E-state index in [1.807, 2.05) is 30.3 Å². The summed E-state index contributed by atoms with van der Waals surface area (Å²) in [5.74, 6) is 0.859. The smallest absolute Gasteiger partial charge is 0.251 e. The number of rotatable bonds is 9. The number of carbonyl (C=O) groups is 1. The minimum Gasteiger partial charge on any atom is -0.467 e. The van der Waals surface area contributed by atoms with Crippen molar-refractivity contribution < 1.29 is 14.0 Å². The number of hydrogen-bond donors (Lipinski definition) is 2. The molecule has 0 atom stereocenters. The summed E-state index contributed by atoms with van der Waals surface area (Å²) in [6.45, 7) is 3.78. The van der Waals surface area contributed by atoms with E-state index < -0.39 is 0 Å². The molecule has 1 aliphatic rings. The van der Waals surface area contributed by atoms with Crippen LogP contribution in [-0.4, -0.2) is 29.7 Å². The van der Waals surface area contributed by atoms with Gasteiger partial charge in [0.1, 0.15) is 12.4 Å². The average Bonchev–Trinajstić information content (AvgIpc) is 3.37. The van der Waals surface area contributed by atoms with E-state index in [0.717, 1.165) is 30.8 Å². The van der Waals surface area contributed by atoms with Crippen LogP contribution in [0.25, 0.3) is 0 Å². The maximum atomic E-state index is 12.4. The first kappa shape index (κ1) is 22.6. The lowest BCUT2D eigenvalue weighted by atomic mass is 10.1. The second kappa shape index (κ2) is 11.3. The van der Waals surface area contributed by atoms with E-state index in [1.165, 1.54) is 24.8 Å². The van der Waals surface area contributed by atoms with E-state index in [0.29, 0.717) is 23.7 Å². The number of likely N-dealkylation sites (tertiary alicyclic amines) is 1. The predicted molar refractivity (Wildman–Crippen MR) is 127 cm³/mol. The molecule has 2 aromatic carbocycles. The number of carbonyl (C=O) groups excluding carboxylic acids is 1. The van der Waals surface area contributed by atoms with Crippen LogP contribution in [0.3, 0.4) is 0 Å². The fraction of sp³-hybridized carbons (Fsp3) is 0.308. The monoisotopic (exact) mass is 446 g/mol. The second-order valence-electron chi connectivity index (χ2n) is 8.25. The Balaban J connectivity index is 1.30. The molecule has 1 aromatic heterocycles. The van der Waals surface area contributed by atoms with Gasteiger partial charge in [-0.3, -0.25) is 9.69 Å². The van der Waals surface area contributed by atoms with Gasteiger partial charge in [0.25, 0.3) is 5.91 Å². The van der Waals surface area contributed by atoms with E-state index in [-0.39, 0.29) is 12.5 Å². The zero-order chi connectivity index (χ0) is 22.9. The number of amidine groups is 1. The van der Waals surface area contributed by atoms with E-state index in [2.05, 4.69) is 27.5 Å². The maximum Gasteiger partial charge on any atom is 0.251 e. The van der Waals surface area contributed by atoms with Crippen LogP contribution in [0.5, 0.6) is 0 Å². The van der Waals surface area contributed by atoms with Gasteiger partial charge in [-0.25, -0.2) is 0 Å². The van der Waals surface area contributed by atoms with Gasteiger partial charge in [-0.15, -0.1) is 0 Å². The number of nitrogens with one attached hydrogen (secondary N) is 1. The highest BCUT2D eigenvalue weighted by molar-refractivity contribution is 5.97. The van der Waals surface area contributed by atoms with Gasteiger partial charge in [0.05, 0.1) is 12.8 Å². The van der Waals surface area contributed by atoms with Gasteiger partial charge in [0, 0.05) is 17.7 Å².